The van der Waals surface area contributed by atoms with Gasteiger partial charge in [0.1, 0.15) is 5.75 Å². The average molecular weight is 269 g/mol. The van der Waals surface area contributed by atoms with Crippen molar-refractivity contribution in [2.75, 3.05) is 13.7 Å². The molecule has 0 bridgehead atoms. The van der Waals surface area contributed by atoms with Crippen LogP contribution < -0.4 is 10.1 Å². The van der Waals surface area contributed by atoms with Crippen LogP contribution in [0.15, 0.2) is 54.6 Å². The Labute approximate surface area is 121 Å². The molecule has 0 aliphatic heterocycles. The number of likely N-dealkylation sites (N-methyl/N-ethyl adjacent to an activating group) is 1. The third-order valence-electron chi connectivity index (χ3n) is 3.46. The highest BCUT2D eigenvalue weighted by molar-refractivity contribution is 5.28. The van der Waals surface area contributed by atoms with E-state index in [1.54, 1.807) is 7.11 Å². The van der Waals surface area contributed by atoms with E-state index in [9.17, 15) is 0 Å². The van der Waals surface area contributed by atoms with E-state index in [4.69, 9.17) is 4.74 Å². The van der Waals surface area contributed by atoms with Gasteiger partial charge in [-0.3, -0.25) is 0 Å². The van der Waals surface area contributed by atoms with E-state index < -0.39 is 0 Å². The van der Waals surface area contributed by atoms with Crippen molar-refractivity contribution in [1.29, 1.82) is 0 Å². The van der Waals surface area contributed by atoms with Crippen molar-refractivity contribution in [3.05, 3.63) is 65.7 Å². The molecule has 0 fully saturated rings. The lowest BCUT2D eigenvalue weighted by molar-refractivity contribution is 0.414. The van der Waals surface area contributed by atoms with Crippen LogP contribution in [0, 0.1) is 0 Å². The minimum Gasteiger partial charge on any atom is -0.497 e. The number of benzene rings is 2. The molecule has 2 nitrogen and oxygen atoms in total. The van der Waals surface area contributed by atoms with Gasteiger partial charge in [-0.1, -0.05) is 49.4 Å². The molecule has 0 aromatic heterocycles. The van der Waals surface area contributed by atoms with Crippen molar-refractivity contribution < 1.29 is 4.74 Å². The maximum atomic E-state index is 5.20. The highest BCUT2D eigenvalue weighted by Crippen LogP contribution is 2.14. The second-order valence-electron chi connectivity index (χ2n) is 5.00. The molecule has 0 radical (unpaired) electrons. The Kier molecular flexibility index (Phi) is 5.63. The molecule has 0 heterocycles. The Morgan fingerprint density at radius 2 is 1.50 bits per heavy atom. The number of ether oxygens (including phenoxy) is 1. The Hall–Kier alpha value is -1.80. The van der Waals surface area contributed by atoms with E-state index in [0.717, 1.165) is 25.1 Å². The SMILES string of the molecule is CCNC(Cc1ccccc1)Cc1ccc(OC)cc1. The van der Waals surface area contributed by atoms with Crippen LogP contribution in [0.3, 0.4) is 0 Å². The highest BCUT2D eigenvalue weighted by Gasteiger charge is 2.09. The predicted molar refractivity (Wildman–Crippen MR) is 84.3 cm³/mol. The summed E-state index contributed by atoms with van der Waals surface area (Å²) >= 11 is 0. The molecule has 0 aliphatic rings. The van der Waals surface area contributed by atoms with Crippen LogP contribution in [0.25, 0.3) is 0 Å². The third kappa shape index (κ3) is 4.39. The zero-order valence-corrected chi connectivity index (χ0v) is 12.3. The van der Waals surface area contributed by atoms with Gasteiger partial charge in [0.05, 0.1) is 7.11 Å². The van der Waals surface area contributed by atoms with Crippen LogP contribution in [0.1, 0.15) is 18.1 Å². The molecule has 2 aromatic carbocycles. The zero-order valence-electron chi connectivity index (χ0n) is 12.3. The quantitative estimate of drug-likeness (QED) is 0.831. The summed E-state index contributed by atoms with van der Waals surface area (Å²) in [6.07, 6.45) is 2.09. The lowest BCUT2D eigenvalue weighted by atomic mass is 9.99. The summed E-state index contributed by atoms with van der Waals surface area (Å²) in [5.41, 5.74) is 2.72. The lowest BCUT2D eigenvalue weighted by Crippen LogP contribution is -2.33. The van der Waals surface area contributed by atoms with Crippen molar-refractivity contribution in [2.45, 2.75) is 25.8 Å². The smallest absolute Gasteiger partial charge is 0.118 e. The molecule has 2 aromatic rings. The van der Waals surface area contributed by atoms with Crippen molar-refractivity contribution in [1.82, 2.24) is 5.32 Å². The number of nitrogens with one attached hydrogen (secondary N) is 1. The molecule has 0 spiro atoms. The van der Waals surface area contributed by atoms with Gasteiger partial charge in [0.2, 0.25) is 0 Å². The van der Waals surface area contributed by atoms with Crippen LogP contribution in [0.5, 0.6) is 5.75 Å². The molecule has 20 heavy (non-hydrogen) atoms. The summed E-state index contributed by atoms with van der Waals surface area (Å²) in [5, 5.41) is 3.58. The fourth-order valence-electron chi connectivity index (χ4n) is 2.45. The molecular weight excluding hydrogens is 246 g/mol. The summed E-state index contributed by atoms with van der Waals surface area (Å²) in [4.78, 5) is 0. The molecule has 1 N–H and O–H groups in total. The molecule has 2 heteroatoms. The first-order chi connectivity index (χ1) is 9.81. The van der Waals surface area contributed by atoms with Gasteiger partial charge in [-0.05, 0) is 42.6 Å². The minimum absolute atomic E-state index is 0.468. The minimum atomic E-state index is 0.468. The first-order valence-electron chi connectivity index (χ1n) is 7.22. The van der Waals surface area contributed by atoms with E-state index >= 15 is 0 Å². The summed E-state index contributed by atoms with van der Waals surface area (Å²) < 4.78 is 5.20. The zero-order chi connectivity index (χ0) is 14.2. The van der Waals surface area contributed by atoms with Gasteiger partial charge in [-0.15, -0.1) is 0 Å². The fraction of sp³-hybridized carbons (Fsp3) is 0.333. The lowest BCUT2D eigenvalue weighted by Gasteiger charge is -2.18. The van der Waals surface area contributed by atoms with Crippen molar-refractivity contribution in [2.24, 2.45) is 0 Å². The van der Waals surface area contributed by atoms with E-state index in [1.165, 1.54) is 11.1 Å². The van der Waals surface area contributed by atoms with Gasteiger partial charge < -0.3 is 10.1 Å². The van der Waals surface area contributed by atoms with E-state index in [2.05, 4.69) is 54.7 Å². The molecular formula is C18H23NO. The predicted octanol–water partition coefficient (Wildman–Crippen LogP) is 3.46. The van der Waals surface area contributed by atoms with Crippen LogP contribution in [-0.2, 0) is 12.8 Å². The maximum absolute atomic E-state index is 5.20. The maximum Gasteiger partial charge on any atom is 0.118 e. The van der Waals surface area contributed by atoms with Gasteiger partial charge in [0, 0.05) is 6.04 Å². The topological polar surface area (TPSA) is 21.3 Å². The average Bonchev–Trinajstić information content (AvgIpc) is 2.49. The van der Waals surface area contributed by atoms with Crippen LogP contribution in [0.2, 0.25) is 0 Å². The fourth-order valence-corrected chi connectivity index (χ4v) is 2.45. The number of hydrogen-bond acceptors (Lipinski definition) is 2. The van der Waals surface area contributed by atoms with Crippen LogP contribution in [0.4, 0.5) is 0 Å². The monoisotopic (exact) mass is 269 g/mol. The summed E-state index contributed by atoms with van der Waals surface area (Å²) in [5.74, 6) is 0.914. The summed E-state index contributed by atoms with van der Waals surface area (Å²) in [6, 6.07) is 19.5. The Morgan fingerprint density at radius 3 is 2.05 bits per heavy atom. The van der Waals surface area contributed by atoms with Gasteiger partial charge in [-0.25, -0.2) is 0 Å². The third-order valence-corrected chi connectivity index (χ3v) is 3.46. The Morgan fingerprint density at radius 1 is 0.900 bits per heavy atom. The van der Waals surface area contributed by atoms with Crippen molar-refractivity contribution in [3.8, 4) is 5.75 Å². The second-order valence-corrected chi connectivity index (χ2v) is 5.00. The molecule has 2 rings (SSSR count). The van der Waals surface area contributed by atoms with E-state index in [1.807, 2.05) is 12.1 Å². The second kappa shape index (κ2) is 7.71. The Bertz CT molecular complexity index is 493. The molecule has 0 aliphatic carbocycles. The molecule has 0 saturated heterocycles. The van der Waals surface area contributed by atoms with Crippen LogP contribution >= 0.6 is 0 Å². The number of rotatable bonds is 7. The summed E-state index contributed by atoms with van der Waals surface area (Å²) in [7, 11) is 1.70. The molecule has 1 unspecified atom stereocenters. The van der Waals surface area contributed by atoms with Crippen molar-refractivity contribution in [3.63, 3.8) is 0 Å². The normalized spacial score (nSPS) is 12.1. The Balaban J connectivity index is 2.00. The molecule has 1 atom stereocenters. The van der Waals surface area contributed by atoms with Gasteiger partial charge in [-0.2, -0.15) is 0 Å². The van der Waals surface area contributed by atoms with Gasteiger partial charge in [0.15, 0.2) is 0 Å². The van der Waals surface area contributed by atoms with E-state index in [-0.39, 0.29) is 0 Å². The van der Waals surface area contributed by atoms with Crippen LogP contribution in [-0.4, -0.2) is 19.7 Å². The number of methoxy groups -OCH3 is 1. The molecule has 106 valence electrons. The van der Waals surface area contributed by atoms with Gasteiger partial charge >= 0.3 is 0 Å². The largest absolute Gasteiger partial charge is 0.497 e. The number of hydrogen-bond donors (Lipinski definition) is 1. The standard InChI is InChI=1S/C18H23NO/c1-3-19-17(13-15-7-5-4-6-8-15)14-16-9-11-18(20-2)12-10-16/h4-12,17,19H,3,13-14H2,1-2H3. The van der Waals surface area contributed by atoms with Crippen molar-refractivity contribution >= 4 is 0 Å². The summed E-state index contributed by atoms with van der Waals surface area (Å²) in [6.45, 7) is 3.15. The van der Waals surface area contributed by atoms with Gasteiger partial charge in [0.25, 0.3) is 0 Å². The molecule has 0 amide bonds. The highest BCUT2D eigenvalue weighted by atomic mass is 16.5. The first-order valence-corrected chi connectivity index (χ1v) is 7.22. The molecule has 0 saturated carbocycles. The first kappa shape index (κ1) is 14.6. The van der Waals surface area contributed by atoms with E-state index in [0.29, 0.717) is 6.04 Å².